The average molecular weight is 327 g/mol. The van der Waals surface area contributed by atoms with Gasteiger partial charge in [-0.25, -0.2) is 0 Å². The number of carbonyl (C=O) groups excluding carboxylic acids is 1. The summed E-state index contributed by atoms with van der Waals surface area (Å²) >= 11 is 0. The van der Waals surface area contributed by atoms with Crippen LogP contribution < -0.4 is 16.2 Å². The van der Waals surface area contributed by atoms with Crippen molar-refractivity contribution in [1.82, 2.24) is 25.9 Å². The normalized spacial score (nSPS) is 20.3. The molecule has 0 saturated carbocycles. The minimum atomic E-state index is -0.0238. The van der Waals surface area contributed by atoms with Gasteiger partial charge in [-0.15, -0.1) is 0 Å². The fourth-order valence-electron chi connectivity index (χ4n) is 3.04. The van der Waals surface area contributed by atoms with E-state index in [9.17, 15) is 4.79 Å². The van der Waals surface area contributed by atoms with Crippen LogP contribution >= 0.6 is 0 Å². The van der Waals surface area contributed by atoms with Gasteiger partial charge in [0.25, 0.3) is 5.91 Å². The Balaban J connectivity index is 1.63. The molecule has 1 saturated heterocycles. The first-order valence-corrected chi connectivity index (χ1v) is 8.39. The van der Waals surface area contributed by atoms with Gasteiger partial charge in [-0.2, -0.15) is 5.10 Å². The maximum Gasteiger partial charge on any atom is 0.251 e. The molecule has 1 aromatic carbocycles. The van der Waals surface area contributed by atoms with Gasteiger partial charge in [0.2, 0.25) is 0 Å². The third kappa shape index (κ3) is 3.83. The summed E-state index contributed by atoms with van der Waals surface area (Å²) in [5.41, 5.74) is 10.2. The summed E-state index contributed by atoms with van der Waals surface area (Å²) in [5, 5.41) is 7.52. The summed E-state index contributed by atoms with van der Waals surface area (Å²) in [6.45, 7) is 8.36. The zero-order valence-corrected chi connectivity index (χ0v) is 14.5. The summed E-state index contributed by atoms with van der Waals surface area (Å²) in [4.78, 5) is 12.4. The number of aromatic nitrogens is 2. The number of hydrazine groups is 1. The van der Waals surface area contributed by atoms with Gasteiger partial charge in [0, 0.05) is 36.3 Å². The Kier molecular flexibility index (Phi) is 4.97. The molecule has 128 valence electrons. The molecule has 1 aliphatic rings. The Hall–Kier alpha value is -2.18. The van der Waals surface area contributed by atoms with Crippen molar-refractivity contribution < 1.29 is 4.79 Å². The molecule has 0 radical (unpaired) electrons. The number of nitrogens with one attached hydrogen (secondary N) is 3. The van der Waals surface area contributed by atoms with E-state index >= 15 is 0 Å². The second kappa shape index (κ2) is 7.15. The van der Waals surface area contributed by atoms with Crippen LogP contribution in [-0.2, 0) is 6.54 Å². The highest BCUT2D eigenvalue weighted by Crippen LogP contribution is 2.11. The zero-order chi connectivity index (χ0) is 17.1. The summed E-state index contributed by atoms with van der Waals surface area (Å²) in [5.74, 6) is 0.385. The third-order valence-electron chi connectivity index (χ3n) is 4.55. The number of benzene rings is 1. The molecule has 1 fully saturated rings. The third-order valence-corrected chi connectivity index (χ3v) is 4.55. The summed E-state index contributed by atoms with van der Waals surface area (Å²) in [6.07, 6.45) is 0. The molecule has 6 nitrogen and oxygen atoms in total. The molecule has 2 aromatic rings. The fraction of sp³-hybridized carbons (Fsp3) is 0.444. The Bertz CT molecular complexity index is 724. The Labute approximate surface area is 142 Å². The van der Waals surface area contributed by atoms with E-state index in [1.807, 2.05) is 42.8 Å². The van der Waals surface area contributed by atoms with Crippen LogP contribution in [0.25, 0.3) is 0 Å². The predicted octanol–water partition coefficient (Wildman–Crippen LogP) is 1.39. The predicted molar refractivity (Wildman–Crippen MR) is 93.7 cm³/mol. The van der Waals surface area contributed by atoms with Crippen molar-refractivity contribution >= 4 is 5.91 Å². The number of rotatable bonds is 5. The van der Waals surface area contributed by atoms with Crippen molar-refractivity contribution in [3.8, 4) is 0 Å². The standard InChI is InChI=1S/C18H25N5O/c1-12-7-13(2)23(22-12)11-15-5-4-6-16(8-15)18(24)19-9-17-10-20-21-14(17)3/h4-8,14,17,20-21H,9-11H2,1-3H3,(H,19,24). The molecule has 3 rings (SSSR count). The SMILES string of the molecule is Cc1cc(C)n(Cc2cccc(C(=O)NCC3CNNC3C)c2)n1. The van der Waals surface area contributed by atoms with Crippen LogP contribution in [0.5, 0.6) is 0 Å². The molecular weight excluding hydrogens is 302 g/mol. The molecule has 2 heterocycles. The molecule has 0 aliphatic carbocycles. The summed E-state index contributed by atoms with van der Waals surface area (Å²) in [7, 11) is 0. The lowest BCUT2D eigenvalue weighted by Crippen LogP contribution is -2.35. The van der Waals surface area contributed by atoms with E-state index in [-0.39, 0.29) is 5.91 Å². The van der Waals surface area contributed by atoms with Gasteiger partial charge in [-0.05, 0) is 44.5 Å². The molecule has 3 N–H and O–H groups in total. The van der Waals surface area contributed by atoms with Crippen LogP contribution in [0.3, 0.4) is 0 Å². The maximum atomic E-state index is 12.4. The highest BCUT2D eigenvalue weighted by molar-refractivity contribution is 5.94. The van der Waals surface area contributed by atoms with Gasteiger partial charge < -0.3 is 5.32 Å². The van der Waals surface area contributed by atoms with Crippen LogP contribution in [0, 0.1) is 19.8 Å². The van der Waals surface area contributed by atoms with Crippen LogP contribution in [-0.4, -0.2) is 34.8 Å². The molecule has 24 heavy (non-hydrogen) atoms. The Morgan fingerprint density at radius 1 is 1.38 bits per heavy atom. The molecule has 0 spiro atoms. The molecular formula is C18H25N5O. The van der Waals surface area contributed by atoms with Crippen molar-refractivity contribution in [2.24, 2.45) is 5.92 Å². The van der Waals surface area contributed by atoms with Crippen LogP contribution in [0.15, 0.2) is 30.3 Å². The second-order valence-corrected chi connectivity index (χ2v) is 6.57. The van der Waals surface area contributed by atoms with Gasteiger partial charge in [-0.1, -0.05) is 12.1 Å². The van der Waals surface area contributed by atoms with Crippen LogP contribution in [0.1, 0.15) is 34.2 Å². The molecule has 2 atom stereocenters. The van der Waals surface area contributed by atoms with Crippen LogP contribution in [0.4, 0.5) is 0 Å². The summed E-state index contributed by atoms with van der Waals surface area (Å²) < 4.78 is 1.96. The quantitative estimate of drug-likeness (QED) is 0.776. The monoisotopic (exact) mass is 327 g/mol. The topological polar surface area (TPSA) is 71.0 Å². The minimum Gasteiger partial charge on any atom is -0.352 e. The number of amides is 1. The minimum absolute atomic E-state index is 0.0238. The van der Waals surface area contributed by atoms with Crippen molar-refractivity contribution in [3.05, 3.63) is 52.8 Å². The van der Waals surface area contributed by atoms with E-state index in [0.29, 0.717) is 30.6 Å². The van der Waals surface area contributed by atoms with Crippen molar-refractivity contribution in [2.75, 3.05) is 13.1 Å². The Morgan fingerprint density at radius 2 is 2.21 bits per heavy atom. The first kappa shape index (κ1) is 16.7. The summed E-state index contributed by atoms with van der Waals surface area (Å²) in [6, 6.07) is 10.2. The van der Waals surface area contributed by atoms with E-state index in [0.717, 1.165) is 23.5 Å². The van der Waals surface area contributed by atoms with E-state index in [1.54, 1.807) is 0 Å². The van der Waals surface area contributed by atoms with Crippen molar-refractivity contribution in [1.29, 1.82) is 0 Å². The van der Waals surface area contributed by atoms with Gasteiger partial charge >= 0.3 is 0 Å². The number of aryl methyl sites for hydroxylation is 2. The van der Waals surface area contributed by atoms with Gasteiger partial charge in [0.15, 0.2) is 0 Å². The Morgan fingerprint density at radius 3 is 2.88 bits per heavy atom. The number of hydrogen-bond donors (Lipinski definition) is 3. The van der Waals surface area contributed by atoms with E-state index in [4.69, 9.17) is 0 Å². The number of hydrogen-bond acceptors (Lipinski definition) is 4. The first-order chi connectivity index (χ1) is 11.5. The second-order valence-electron chi connectivity index (χ2n) is 6.57. The average Bonchev–Trinajstić information content (AvgIpc) is 3.10. The van der Waals surface area contributed by atoms with Gasteiger partial charge in [0.05, 0.1) is 12.2 Å². The van der Waals surface area contributed by atoms with Crippen LogP contribution in [0.2, 0.25) is 0 Å². The smallest absolute Gasteiger partial charge is 0.251 e. The lowest BCUT2D eigenvalue weighted by molar-refractivity contribution is 0.0947. The maximum absolute atomic E-state index is 12.4. The molecule has 1 aromatic heterocycles. The molecule has 1 aliphatic heterocycles. The van der Waals surface area contributed by atoms with Crippen molar-refractivity contribution in [3.63, 3.8) is 0 Å². The highest BCUT2D eigenvalue weighted by Gasteiger charge is 2.23. The zero-order valence-electron chi connectivity index (χ0n) is 14.5. The van der Waals surface area contributed by atoms with Gasteiger partial charge in [0.1, 0.15) is 0 Å². The lowest BCUT2D eigenvalue weighted by atomic mass is 10.0. The number of nitrogens with zero attached hydrogens (tertiary/aromatic N) is 2. The highest BCUT2D eigenvalue weighted by atomic mass is 16.1. The van der Waals surface area contributed by atoms with E-state index < -0.39 is 0 Å². The lowest BCUT2D eigenvalue weighted by Gasteiger charge is -2.14. The largest absolute Gasteiger partial charge is 0.352 e. The van der Waals surface area contributed by atoms with E-state index in [2.05, 4.69) is 34.3 Å². The molecule has 0 bridgehead atoms. The van der Waals surface area contributed by atoms with Crippen molar-refractivity contribution in [2.45, 2.75) is 33.4 Å². The molecule has 2 unspecified atom stereocenters. The molecule has 6 heteroatoms. The van der Waals surface area contributed by atoms with Gasteiger partial charge in [-0.3, -0.25) is 20.3 Å². The molecule has 1 amide bonds. The first-order valence-electron chi connectivity index (χ1n) is 8.39. The fourth-order valence-corrected chi connectivity index (χ4v) is 3.04. The van der Waals surface area contributed by atoms with E-state index in [1.165, 1.54) is 0 Å². The number of carbonyl (C=O) groups is 1.